The third kappa shape index (κ3) is 4.04. The molecule has 0 bridgehead atoms. The first kappa shape index (κ1) is 21.4. The first-order valence-corrected chi connectivity index (χ1v) is 9.49. The zero-order chi connectivity index (χ0) is 21.9. The Bertz CT molecular complexity index is 978. The monoisotopic (exact) mass is 414 g/mol. The number of hydrogen-bond acceptors (Lipinski definition) is 3. The Morgan fingerprint density at radius 1 is 1.17 bits per heavy atom. The summed E-state index contributed by atoms with van der Waals surface area (Å²) in [6.45, 7) is 0.0660. The van der Waals surface area contributed by atoms with Gasteiger partial charge in [0.2, 0.25) is 5.91 Å². The molecular formula is C22H24F2N4O2. The van der Waals surface area contributed by atoms with Crippen LogP contribution in [0.25, 0.3) is 5.57 Å². The molecule has 2 aromatic rings. The van der Waals surface area contributed by atoms with Gasteiger partial charge in [0.15, 0.2) is 0 Å². The molecule has 0 saturated carbocycles. The van der Waals surface area contributed by atoms with E-state index in [1.807, 2.05) is 30.3 Å². The van der Waals surface area contributed by atoms with E-state index in [0.29, 0.717) is 5.57 Å². The lowest BCUT2D eigenvalue weighted by Crippen LogP contribution is -2.50. The number of urea groups is 1. The number of rotatable bonds is 5. The minimum absolute atomic E-state index is 0.0397. The van der Waals surface area contributed by atoms with Crippen molar-refractivity contribution in [1.29, 1.82) is 0 Å². The summed E-state index contributed by atoms with van der Waals surface area (Å²) in [7, 11) is 3.23. The maximum atomic E-state index is 14.5. The number of carbonyl (C=O) groups excluding carboxylic acids is 2. The number of nitrogens with two attached hydrogens (primary N) is 1. The lowest BCUT2D eigenvalue weighted by Gasteiger charge is -2.39. The van der Waals surface area contributed by atoms with Gasteiger partial charge < -0.3 is 9.80 Å². The molecule has 8 heteroatoms. The molecule has 6 nitrogen and oxygen atoms in total. The van der Waals surface area contributed by atoms with Gasteiger partial charge in [0.05, 0.1) is 5.54 Å². The van der Waals surface area contributed by atoms with Gasteiger partial charge in [-0.1, -0.05) is 30.3 Å². The van der Waals surface area contributed by atoms with Crippen LogP contribution >= 0.6 is 0 Å². The highest BCUT2D eigenvalue weighted by atomic mass is 19.1. The smallest absolute Gasteiger partial charge is 0.320 e. The molecule has 0 spiro atoms. The van der Waals surface area contributed by atoms with E-state index in [1.165, 1.54) is 4.90 Å². The van der Waals surface area contributed by atoms with Gasteiger partial charge in [-0.05, 0) is 41.8 Å². The number of nitrogens with one attached hydrogen (secondary N) is 1. The van der Waals surface area contributed by atoms with Gasteiger partial charge in [-0.3, -0.25) is 10.2 Å². The van der Waals surface area contributed by atoms with E-state index in [4.69, 9.17) is 5.84 Å². The number of carbonyl (C=O) groups is 2. The molecule has 3 rings (SSSR count). The van der Waals surface area contributed by atoms with E-state index in [0.717, 1.165) is 23.8 Å². The van der Waals surface area contributed by atoms with E-state index < -0.39 is 17.2 Å². The van der Waals surface area contributed by atoms with Crippen LogP contribution in [0.15, 0.2) is 54.6 Å². The molecule has 1 aliphatic heterocycles. The van der Waals surface area contributed by atoms with E-state index in [1.54, 1.807) is 25.1 Å². The molecule has 0 radical (unpaired) electrons. The molecule has 1 unspecified atom stereocenters. The second kappa shape index (κ2) is 8.62. The lowest BCUT2D eigenvalue weighted by molar-refractivity contribution is -0.121. The lowest BCUT2D eigenvalue weighted by atomic mass is 9.84. The van der Waals surface area contributed by atoms with E-state index >= 15 is 0 Å². The minimum Gasteiger partial charge on any atom is -0.331 e. The van der Waals surface area contributed by atoms with E-state index in [9.17, 15) is 18.4 Å². The van der Waals surface area contributed by atoms with Crippen molar-refractivity contribution >= 4 is 17.5 Å². The molecule has 1 atom stereocenters. The first-order chi connectivity index (χ1) is 14.3. The summed E-state index contributed by atoms with van der Waals surface area (Å²) in [4.78, 5) is 28.0. The highest BCUT2D eigenvalue weighted by Crippen LogP contribution is 2.44. The normalized spacial score (nSPS) is 18.2. The van der Waals surface area contributed by atoms with Crippen molar-refractivity contribution in [2.75, 3.05) is 20.6 Å². The van der Waals surface area contributed by atoms with Crippen LogP contribution in [0.2, 0.25) is 0 Å². The third-order valence-corrected chi connectivity index (χ3v) is 5.28. The molecule has 0 aliphatic carbocycles. The fraction of sp³-hybridized carbons (Fsp3) is 0.273. The van der Waals surface area contributed by atoms with Crippen LogP contribution in [0.5, 0.6) is 0 Å². The number of benzene rings is 2. The highest BCUT2D eigenvalue weighted by Gasteiger charge is 2.45. The molecule has 0 saturated heterocycles. The summed E-state index contributed by atoms with van der Waals surface area (Å²) in [6, 6.07) is 12.1. The molecule has 1 heterocycles. The van der Waals surface area contributed by atoms with Crippen molar-refractivity contribution in [2.24, 2.45) is 5.84 Å². The van der Waals surface area contributed by atoms with Gasteiger partial charge in [-0.25, -0.2) is 19.4 Å². The van der Waals surface area contributed by atoms with Crippen LogP contribution in [0.4, 0.5) is 13.6 Å². The van der Waals surface area contributed by atoms with Gasteiger partial charge in [0, 0.05) is 32.6 Å². The minimum atomic E-state index is -1.02. The van der Waals surface area contributed by atoms with Crippen LogP contribution in [0, 0.1) is 11.6 Å². The molecule has 30 heavy (non-hydrogen) atoms. The van der Waals surface area contributed by atoms with Gasteiger partial charge in [-0.2, -0.15) is 0 Å². The van der Waals surface area contributed by atoms with Crippen LogP contribution in [0.1, 0.15) is 24.0 Å². The summed E-state index contributed by atoms with van der Waals surface area (Å²) >= 11 is 0. The quantitative estimate of drug-likeness (QED) is 0.449. The van der Waals surface area contributed by atoms with Crippen LogP contribution < -0.4 is 11.3 Å². The summed E-state index contributed by atoms with van der Waals surface area (Å²) in [5.41, 5.74) is 2.40. The van der Waals surface area contributed by atoms with E-state index in [2.05, 4.69) is 5.43 Å². The topological polar surface area (TPSA) is 78.7 Å². The Hall–Kier alpha value is -3.26. The third-order valence-electron chi connectivity index (χ3n) is 5.28. The zero-order valence-electron chi connectivity index (χ0n) is 16.9. The van der Waals surface area contributed by atoms with Gasteiger partial charge in [0.1, 0.15) is 11.6 Å². The van der Waals surface area contributed by atoms with Crippen molar-refractivity contribution in [2.45, 2.75) is 18.4 Å². The molecule has 3 amide bonds. The van der Waals surface area contributed by atoms with Crippen molar-refractivity contribution in [3.8, 4) is 0 Å². The Kier molecular flexibility index (Phi) is 6.17. The fourth-order valence-corrected chi connectivity index (χ4v) is 3.80. The Labute approximate surface area is 173 Å². The van der Waals surface area contributed by atoms with Gasteiger partial charge in [0.25, 0.3) is 0 Å². The maximum absolute atomic E-state index is 14.5. The first-order valence-electron chi connectivity index (χ1n) is 9.49. The molecule has 3 N–H and O–H groups in total. The number of nitrogens with zero attached hydrogens (tertiary/aromatic N) is 2. The zero-order valence-corrected chi connectivity index (χ0v) is 16.9. The summed E-state index contributed by atoms with van der Waals surface area (Å²) < 4.78 is 28.4. The Morgan fingerprint density at radius 2 is 1.87 bits per heavy atom. The summed E-state index contributed by atoms with van der Waals surface area (Å²) in [5, 5.41) is 0. The largest absolute Gasteiger partial charge is 0.331 e. The second-order valence-electron chi connectivity index (χ2n) is 7.41. The highest BCUT2D eigenvalue weighted by molar-refractivity contribution is 5.84. The van der Waals surface area contributed by atoms with Crippen LogP contribution in [-0.4, -0.2) is 42.4 Å². The standard InChI is InChI=1S/C22H24F2N4O2/c1-27(2)21(30)28-14-15(18-12-17(23)8-9-19(18)24)13-22(28,11-10-20(29)26-25)16-6-4-3-5-7-16/h3-9,12-13H,10-11,14,25H2,1-2H3,(H,26,29). The average Bonchev–Trinajstić information content (AvgIpc) is 3.14. The van der Waals surface area contributed by atoms with Crippen LogP contribution in [0.3, 0.4) is 0 Å². The second-order valence-corrected chi connectivity index (χ2v) is 7.41. The number of hydrogen-bond donors (Lipinski definition) is 2. The Balaban J connectivity index is 2.18. The van der Waals surface area contributed by atoms with Crippen molar-refractivity contribution in [3.05, 3.63) is 77.4 Å². The van der Waals surface area contributed by atoms with Crippen molar-refractivity contribution in [1.82, 2.24) is 15.2 Å². The fourth-order valence-electron chi connectivity index (χ4n) is 3.80. The van der Waals surface area contributed by atoms with Crippen molar-refractivity contribution in [3.63, 3.8) is 0 Å². The average molecular weight is 414 g/mol. The van der Waals surface area contributed by atoms with Crippen LogP contribution in [-0.2, 0) is 10.3 Å². The van der Waals surface area contributed by atoms with E-state index in [-0.39, 0.29) is 36.9 Å². The summed E-state index contributed by atoms with van der Waals surface area (Å²) in [6.07, 6.45) is 2.02. The van der Waals surface area contributed by atoms with Crippen molar-refractivity contribution < 1.29 is 18.4 Å². The molecular weight excluding hydrogens is 390 g/mol. The molecule has 0 aromatic heterocycles. The molecule has 2 aromatic carbocycles. The molecule has 0 fully saturated rings. The van der Waals surface area contributed by atoms with Gasteiger partial charge in [-0.15, -0.1) is 0 Å². The molecule has 1 aliphatic rings. The number of amides is 3. The Morgan fingerprint density at radius 3 is 2.50 bits per heavy atom. The predicted molar refractivity (Wildman–Crippen MR) is 110 cm³/mol. The predicted octanol–water partition coefficient (Wildman–Crippen LogP) is 3.01. The SMILES string of the molecule is CN(C)C(=O)N1CC(c2cc(F)ccc2F)=CC1(CCC(=O)NN)c1ccccc1. The number of hydrazine groups is 1. The summed E-state index contributed by atoms with van der Waals surface area (Å²) in [5.74, 6) is 3.70. The molecule has 158 valence electrons. The van der Waals surface area contributed by atoms with Gasteiger partial charge >= 0.3 is 6.03 Å². The maximum Gasteiger partial charge on any atom is 0.320 e. The number of halogens is 2.